The highest BCUT2D eigenvalue weighted by molar-refractivity contribution is 6.04. The Morgan fingerprint density at radius 2 is 1.62 bits per heavy atom. The molecule has 0 atom stereocenters. The van der Waals surface area contributed by atoms with Crippen molar-refractivity contribution in [1.29, 1.82) is 0 Å². The molecule has 4 nitrogen and oxygen atoms in total. The van der Waals surface area contributed by atoms with Gasteiger partial charge in [-0.1, -0.05) is 37.3 Å². The molecule has 4 heteroatoms. The molecule has 0 spiro atoms. The van der Waals surface area contributed by atoms with Gasteiger partial charge in [-0.05, 0) is 48.4 Å². The Hall–Kier alpha value is -3.14. The van der Waals surface area contributed by atoms with Gasteiger partial charge in [0, 0.05) is 11.3 Å². The first-order chi connectivity index (χ1) is 11.7. The number of amides is 1. The van der Waals surface area contributed by atoms with E-state index in [1.54, 1.807) is 18.3 Å². The van der Waals surface area contributed by atoms with Crippen molar-refractivity contribution in [2.24, 2.45) is 0 Å². The third kappa shape index (κ3) is 3.98. The van der Waals surface area contributed by atoms with E-state index in [9.17, 15) is 4.79 Å². The minimum Gasteiger partial charge on any atom is -0.340 e. The fourth-order valence-electron chi connectivity index (χ4n) is 2.31. The SMILES string of the molecule is CCc1ccc(Nc2ccc(NC(=O)c3ccccc3)cn2)cc1. The largest absolute Gasteiger partial charge is 0.340 e. The Bertz CT molecular complexity index is 797. The third-order valence-electron chi connectivity index (χ3n) is 3.69. The minimum atomic E-state index is -0.145. The Morgan fingerprint density at radius 3 is 2.25 bits per heavy atom. The number of pyridine rings is 1. The third-order valence-corrected chi connectivity index (χ3v) is 3.69. The van der Waals surface area contributed by atoms with Crippen molar-refractivity contribution in [2.45, 2.75) is 13.3 Å². The molecule has 0 radical (unpaired) electrons. The molecule has 0 bridgehead atoms. The summed E-state index contributed by atoms with van der Waals surface area (Å²) < 4.78 is 0. The minimum absolute atomic E-state index is 0.145. The van der Waals surface area contributed by atoms with Crippen molar-refractivity contribution in [3.05, 3.63) is 84.1 Å². The van der Waals surface area contributed by atoms with Crippen LogP contribution in [-0.4, -0.2) is 10.9 Å². The molecule has 0 aliphatic rings. The van der Waals surface area contributed by atoms with Gasteiger partial charge in [-0.2, -0.15) is 0 Å². The van der Waals surface area contributed by atoms with E-state index in [1.807, 2.05) is 42.5 Å². The summed E-state index contributed by atoms with van der Waals surface area (Å²) in [7, 11) is 0. The van der Waals surface area contributed by atoms with Gasteiger partial charge >= 0.3 is 0 Å². The lowest BCUT2D eigenvalue weighted by Crippen LogP contribution is -2.11. The van der Waals surface area contributed by atoms with Crippen LogP contribution in [0, 0.1) is 0 Å². The normalized spacial score (nSPS) is 10.2. The molecule has 1 aromatic heterocycles. The van der Waals surface area contributed by atoms with E-state index in [2.05, 4.69) is 34.7 Å². The zero-order valence-electron chi connectivity index (χ0n) is 13.5. The zero-order valence-corrected chi connectivity index (χ0v) is 13.5. The average molecular weight is 317 g/mol. The maximum Gasteiger partial charge on any atom is 0.255 e. The quantitative estimate of drug-likeness (QED) is 0.721. The van der Waals surface area contributed by atoms with Gasteiger partial charge in [-0.25, -0.2) is 4.98 Å². The standard InChI is InChI=1S/C20H19N3O/c1-2-15-8-10-17(11-9-15)22-19-13-12-18(14-21-19)23-20(24)16-6-4-3-5-7-16/h3-14H,2H2,1H3,(H,21,22)(H,23,24). The first-order valence-electron chi connectivity index (χ1n) is 7.93. The summed E-state index contributed by atoms with van der Waals surface area (Å²) in [6.07, 6.45) is 2.66. The van der Waals surface area contributed by atoms with Crippen LogP contribution >= 0.6 is 0 Å². The highest BCUT2D eigenvalue weighted by Gasteiger charge is 2.05. The van der Waals surface area contributed by atoms with E-state index in [4.69, 9.17) is 0 Å². The maximum absolute atomic E-state index is 12.1. The monoisotopic (exact) mass is 317 g/mol. The summed E-state index contributed by atoms with van der Waals surface area (Å²) in [5.74, 6) is 0.588. The predicted molar refractivity (Wildman–Crippen MR) is 97.7 cm³/mol. The fourth-order valence-corrected chi connectivity index (χ4v) is 2.31. The van der Waals surface area contributed by atoms with Crippen LogP contribution in [0.5, 0.6) is 0 Å². The maximum atomic E-state index is 12.1. The second-order valence-electron chi connectivity index (χ2n) is 5.43. The lowest BCUT2D eigenvalue weighted by atomic mass is 10.1. The topological polar surface area (TPSA) is 54.0 Å². The molecule has 0 aliphatic carbocycles. The van der Waals surface area contributed by atoms with Crippen molar-refractivity contribution >= 4 is 23.1 Å². The van der Waals surface area contributed by atoms with Crippen LogP contribution in [0.4, 0.5) is 17.2 Å². The van der Waals surface area contributed by atoms with Gasteiger partial charge in [0.1, 0.15) is 5.82 Å². The van der Waals surface area contributed by atoms with Crippen LogP contribution in [-0.2, 0) is 6.42 Å². The van der Waals surface area contributed by atoms with Gasteiger partial charge in [0.2, 0.25) is 0 Å². The number of hydrogen-bond acceptors (Lipinski definition) is 3. The Labute approximate surface area is 141 Å². The van der Waals surface area contributed by atoms with Crippen molar-refractivity contribution in [3.63, 3.8) is 0 Å². The molecule has 0 fully saturated rings. The molecule has 0 saturated heterocycles. The lowest BCUT2D eigenvalue weighted by Gasteiger charge is -2.08. The Balaban J connectivity index is 1.63. The highest BCUT2D eigenvalue weighted by Crippen LogP contribution is 2.17. The second kappa shape index (κ2) is 7.42. The predicted octanol–water partition coefficient (Wildman–Crippen LogP) is 4.64. The molecule has 24 heavy (non-hydrogen) atoms. The summed E-state index contributed by atoms with van der Waals surface area (Å²) in [6, 6.07) is 21.0. The van der Waals surface area contributed by atoms with Gasteiger partial charge in [0.05, 0.1) is 11.9 Å². The van der Waals surface area contributed by atoms with E-state index in [0.29, 0.717) is 11.3 Å². The fraction of sp³-hybridized carbons (Fsp3) is 0.100. The number of carbonyl (C=O) groups excluding carboxylic acids is 1. The van der Waals surface area contributed by atoms with Crippen molar-refractivity contribution in [1.82, 2.24) is 4.98 Å². The van der Waals surface area contributed by atoms with Gasteiger partial charge in [-0.15, -0.1) is 0 Å². The first kappa shape index (κ1) is 15.7. The molecule has 0 unspecified atom stereocenters. The second-order valence-corrected chi connectivity index (χ2v) is 5.43. The van der Waals surface area contributed by atoms with Crippen LogP contribution in [0.25, 0.3) is 0 Å². The molecule has 3 aromatic rings. The van der Waals surface area contributed by atoms with Gasteiger partial charge in [0.15, 0.2) is 0 Å². The number of benzene rings is 2. The Morgan fingerprint density at radius 1 is 0.917 bits per heavy atom. The van der Waals surface area contributed by atoms with Crippen LogP contribution in [0.15, 0.2) is 72.9 Å². The molecule has 3 rings (SSSR count). The van der Waals surface area contributed by atoms with Crippen molar-refractivity contribution in [3.8, 4) is 0 Å². The highest BCUT2D eigenvalue weighted by atomic mass is 16.1. The first-order valence-corrected chi connectivity index (χ1v) is 7.93. The van der Waals surface area contributed by atoms with Gasteiger partial charge < -0.3 is 10.6 Å². The number of rotatable bonds is 5. The van der Waals surface area contributed by atoms with Crippen LogP contribution < -0.4 is 10.6 Å². The van der Waals surface area contributed by atoms with Crippen LogP contribution in [0.2, 0.25) is 0 Å². The van der Waals surface area contributed by atoms with Gasteiger partial charge in [0.25, 0.3) is 5.91 Å². The van der Waals surface area contributed by atoms with E-state index < -0.39 is 0 Å². The smallest absolute Gasteiger partial charge is 0.255 e. The zero-order chi connectivity index (χ0) is 16.8. The molecule has 0 aliphatic heterocycles. The van der Waals surface area contributed by atoms with E-state index in [1.165, 1.54) is 5.56 Å². The number of aromatic nitrogens is 1. The summed E-state index contributed by atoms with van der Waals surface area (Å²) in [5.41, 5.74) is 3.57. The van der Waals surface area contributed by atoms with E-state index in [0.717, 1.165) is 17.9 Å². The molecule has 0 saturated carbocycles. The van der Waals surface area contributed by atoms with Crippen molar-refractivity contribution < 1.29 is 4.79 Å². The Kier molecular flexibility index (Phi) is 4.87. The molecule has 1 amide bonds. The average Bonchev–Trinajstić information content (AvgIpc) is 2.65. The molecular formula is C20H19N3O. The molecular weight excluding hydrogens is 298 g/mol. The lowest BCUT2D eigenvalue weighted by molar-refractivity contribution is 0.102. The number of nitrogens with zero attached hydrogens (tertiary/aromatic N) is 1. The molecule has 2 N–H and O–H groups in total. The number of anilines is 3. The summed E-state index contributed by atoms with van der Waals surface area (Å²) in [6.45, 7) is 2.13. The summed E-state index contributed by atoms with van der Waals surface area (Å²) in [4.78, 5) is 16.4. The molecule has 120 valence electrons. The number of nitrogens with one attached hydrogen (secondary N) is 2. The number of carbonyl (C=O) groups is 1. The summed E-state index contributed by atoms with van der Waals surface area (Å²) >= 11 is 0. The molecule has 1 heterocycles. The molecule has 2 aromatic carbocycles. The van der Waals surface area contributed by atoms with Crippen LogP contribution in [0.1, 0.15) is 22.8 Å². The number of aryl methyl sites for hydroxylation is 1. The number of hydrogen-bond donors (Lipinski definition) is 2. The summed E-state index contributed by atoms with van der Waals surface area (Å²) in [5, 5.41) is 6.08. The van der Waals surface area contributed by atoms with E-state index in [-0.39, 0.29) is 5.91 Å². The van der Waals surface area contributed by atoms with Crippen LogP contribution in [0.3, 0.4) is 0 Å². The van der Waals surface area contributed by atoms with Crippen molar-refractivity contribution in [2.75, 3.05) is 10.6 Å². The van der Waals surface area contributed by atoms with Gasteiger partial charge in [-0.3, -0.25) is 4.79 Å². The van der Waals surface area contributed by atoms with E-state index >= 15 is 0 Å².